The highest BCUT2D eigenvalue weighted by molar-refractivity contribution is 5.96. The van der Waals surface area contributed by atoms with Crippen molar-refractivity contribution in [3.05, 3.63) is 53.3 Å². The highest BCUT2D eigenvalue weighted by atomic mass is 16.5. The molecule has 0 spiro atoms. The summed E-state index contributed by atoms with van der Waals surface area (Å²) in [5, 5.41) is 13.6. The van der Waals surface area contributed by atoms with Gasteiger partial charge in [-0.15, -0.1) is 0 Å². The lowest BCUT2D eigenvalue weighted by atomic mass is 10.1. The molecule has 1 fully saturated rings. The summed E-state index contributed by atoms with van der Waals surface area (Å²) in [7, 11) is 0. The maximum atomic E-state index is 13.0. The van der Waals surface area contributed by atoms with Crippen molar-refractivity contribution in [2.75, 3.05) is 19.8 Å². The van der Waals surface area contributed by atoms with Gasteiger partial charge in [-0.3, -0.25) is 14.3 Å². The van der Waals surface area contributed by atoms with E-state index in [1.807, 2.05) is 37.3 Å². The fourth-order valence-electron chi connectivity index (χ4n) is 3.24. The third-order valence-corrected chi connectivity index (χ3v) is 4.71. The number of benzene rings is 1. The van der Waals surface area contributed by atoms with Crippen LogP contribution in [0.4, 0.5) is 0 Å². The summed E-state index contributed by atoms with van der Waals surface area (Å²) in [5.41, 5.74) is 2.28. The molecular formula is C19H23N3O4. The predicted molar refractivity (Wildman–Crippen MR) is 95.0 cm³/mol. The van der Waals surface area contributed by atoms with Gasteiger partial charge in [0, 0.05) is 24.9 Å². The summed E-state index contributed by atoms with van der Waals surface area (Å²) in [6.45, 7) is 3.18. The summed E-state index contributed by atoms with van der Waals surface area (Å²) in [5.74, 6) is -1.30. The van der Waals surface area contributed by atoms with Crippen LogP contribution in [0.15, 0.2) is 36.5 Å². The summed E-state index contributed by atoms with van der Waals surface area (Å²) >= 11 is 0. The maximum absolute atomic E-state index is 13.0. The second kappa shape index (κ2) is 8.14. The Hall–Kier alpha value is -2.67. The Kier molecular flexibility index (Phi) is 5.68. The van der Waals surface area contributed by atoms with Gasteiger partial charge in [-0.1, -0.05) is 30.3 Å². The fourth-order valence-corrected chi connectivity index (χ4v) is 3.24. The van der Waals surface area contributed by atoms with Crippen LogP contribution in [0.25, 0.3) is 0 Å². The first-order valence-corrected chi connectivity index (χ1v) is 8.73. The van der Waals surface area contributed by atoms with Crippen molar-refractivity contribution >= 4 is 11.9 Å². The number of nitrogens with zero attached hydrogens (tertiary/aromatic N) is 3. The second-order valence-electron chi connectivity index (χ2n) is 6.46. The van der Waals surface area contributed by atoms with E-state index in [0.717, 1.165) is 11.3 Å². The third-order valence-electron chi connectivity index (χ3n) is 4.71. The molecule has 1 aliphatic heterocycles. The Morgan fingerprint density at radius 1 is 1.27 bits per heavy atom. The molecule has 7 nitrogen and oxygen atoms in total. The van der Waals surface area contributed by atoms with Gasteiger partial charge < -0.3 is 14.7 Å². The molecule has 1 saturated heterocycles. The Morgan fingerprint density at radius 2 is 1.96 bits per heavy atom. The first-order chi connectivity index (χ1) is 12.6. The van der Waals surface area contributed by atoms with E-state index in [1.165, 1.54) is 11.1 Å². The van der Waals surface area contributed by atoms with E-state index in [1.54, 1.807) is 4.68 Å². The first kappa shape index (κ1) is 18.1. The van der Waals surface area contributed by atoms with Crippen molar-refractivity contribution < 1.29 is 19.4 Å². The molecule has 1 N–H and O–H groups in total. The largest absolute Gasteiger partial charge is 0.480 e. The molecule has 7 heteroatoms. The van der Waals surface area contributed by atoms with E-state index in [4.69, 9.17) is 4.74 Å². The zero-order valence-electron chi connectivity index (χ0n) is 14.8. The van der Waals surface area contributed by atoms with E-state index >= 15 is 0 Å². The topological polar surface area (TPSA) is 84.7 Å². The van der Waals surface area contributed by atoms with Gasteiger partial charge in [-0.2, -0.15) is 5.10 Å². The summed E-state index contributed by atoms with van der Waals surface area (Å²) < 4.78 is 7.10. The van der Waals surface area contributed by atoms with Crippen molar-refractivity contribution in [1.29, 1.82) is 0 Å². The molecule has 0 aliphatic carbocycles. The minimum Gasteiger partial charge on any atom is -0.480 e. The van der Waals surface area contributed by atoms with Gasteiger partial charge in [0.05, 0.1) is 18.3 Å². The number of carboxylic acid groups (broad SMARTS) is 1. The number of carbonyl (C=O) groups excluding carboxylic acids is 1. The number of hydrogen-bond donors (Lipinski definition) is 1. The van der Waals surface area contributed by atoms with Gasteiger partial charge in [0.25, 0.3) is 5.91 Å². The zero-order valence-corrected chi connectivity index (χ0v) is 14.8. The summed E-state index contributed by atoms with van der Waals surface area (Å²) in [4.78, 5) is 25.8. The van der Waals surface area contributed by atoms with Crippen molar-refractivity contribution in [2.45, 2.75) is 32.4 Å². The van der Waals surface area contributed by atoms with Crippen molar-refractivity contribution in [3.63, 3.8) is 0 Å². The lowest BCUT2D eigenvalue weighted by Crippen LogP contribution is -2.46. The molecule has 138 valence electrons. The van der Waals surface area contributed by atoms with Crippen LogP contribution in [-0.2, 0) is 16.1 Å². The molecule has 3 rings (SSSR count). The molecule has 1 aromatic carbocycles. The molecule has 0 saturated carbocycles. The van der Waals surface area contributed by atoms with Crippen LogP contribution in [0.1, 0.15) is 34.5 Å². The number of hydrogen-bond acceptors (Lipinski definition) is 4. The van der Waals surface area contributed by atoms with Crippen LogP contribution in [0.5, 0.6) is 0 Å². The molecule has 2 aromatic rings. The highest BCUT2D eigenvalue weighted by Gasteiger charge is 2.30. The van der Waals surface area contributed by atoms with Gasteiger partial charge in [0.2, 0.25) is 0 Å². The fraction of sp³-hybridized carbons (Fsp3) is 0.421. The predicted octanol–water partition coefficient (Wildman–Crippen LogP) is 1.95. The van der Waals surface area contributed by atoms with Crippen LogP contribution in [0.3, 0.4) is 0 Å². The number of rotatable bonds is 6. The molecule has 0 atom stereocenters. The Labute approximate surface area is 152 Å². The van der Waals surface area contributed by atoms with Crippen molar-refractivity contribution in [1.82, 2.24) is 14.7 Å². The maximum Gasteiger partial charge on any atom is 0.323 e. The van der Waals surface area contributed by atoms with Gasteiger partial charge in [-0.25, -0.2) is 0 Å². The lowest BCUT2D eigenvalue weighted by molar-refractivity contribution is -0.138. The van der Waals surface area contributed by atoms with Crippen LogP contribution in [0.2, 0.25) is 0 Å². The smallest absolute Gasteiger partial charge is 0.323 e. The Morgan fingerprint density at radius 3 is 2.62 bits per heavy atom. The lowest BCUT2D eigenvalue weighted by Gasteiger charge is -2.33. The normalized spacial score (nSPS) is 15.0. The van der Waals surface area contributed by atoms with Crippen molar-refractivity contribution in [3.8, 4) is 0 Å². The van der Waals surface area contributed by atoms with E-state index in [9.17, 15) is 14.7 Å². The number of carbonyl (C=O) groups is 2. The number of aliphatic carboxylic acids is 1. The van der Waals surface area contributed by atoms with Gasteiger partial charge in [0.1, 0.15) is 6.54 Å². The average Bonchev–Trinajstić information content (AvgIpc) is 3.01. The molecule has 0 unspecified atom stereocenters. The van der Waals surface area contributed by atoms with Crippen LogP contribution >= 0.6 is 0 Å². The molecule has 0 bridgehead atoms. The molecular weight excluding hydrogens is 334 g/mol. The van der Waals surface area contributed by atoms with Crippen molar-refractivity contribution in [2.24, 2.45) is 0 Å². The molecule has 1 amide bonds. The molecule has 1 aromatic heterocycles. The minimum absolute atomic E-state index is 0.121. The third kappa shape index (κ3) is 4.11. The van der Waals surface area contributed by atoms with E-state index in [-0.39, 0.29) is 18.5 Å². The molecule has 1 aliphatic rings. The quantitative estimate of drug-likeness (QED) is 0.854. The molecule has 2 heterocycles. The number of ether oxygens (including phenoxy) is 1. The molecule has 0 radical (unpaired) electrons. The SMILES string of the molecule is Cc1c(C(=O)N(CC(=O)O)C2CCOCC2)cnn1Cc1ccccc1. The van der Waals surface area contributed by atoms with Gasteiger partial charge >= 0.3 is 5.97 Å². The first-order valence-electron chi connectivity index (χ1n) is 8.73. The average molecular weight is 357 g/mol. The monoisotopic (exact) mass is 357 g/mol. The number of aromatic nitrogens is 2. The number of amides is 1. The Balaban J connectivity index is 1.81. The van der Waals surface area contributed by atoms with Crippen LogP contribution in [-0.4, -0.2) is 57.5 Å². The van der Waals surface area contributed by atoms with Gasteiger partial charge in [0.15, 0.2) is 0 Å². The zero-order chi connectivity index (χ0) is 18.5. The Bertz CT molecular complexity index is 766. The van der Waals surface area contributed by atoms with Crippen LogP contribution < -0.4 is 0 Å². The van der Waals surface area contributed by atoms with E-state index < -0.39 is 5.97 Å². The van der Waals surface area contributed by atoms with E-state index in [0.29, 0.717) is 38.2 Å². The van der Waals surface area contributed by atoms with E-state index in [2.05, 4.69) is 5.10 Å². The second-order valence-corrected chi connectivity index (χ2v) is 6.46. The highest BCUT2D eigenvalue weighted by Crippen LogP contribution is 2.19. The standard InChI is InChI=1S/C19H23N3O4/c1-14-17(11-20-22(14)12-15-5-3-2-4-6-15)19(25)21(13-18(23)24)16-7-9-26-10-8-16/h2-6,11,16H,7-10,12-13H2,1H3,(H,23,24). The number of carboxylic acids is 1. The minimum atomic E-state index is -1.01. The summed E-state index contributed by atoms with van der Waals surface area (Å²) in [6, 6.07) is 9.75. The van der Waals surface area contributed by atoms with Gasteiger partial charge in [-0.05, 0) is 25.3 Å². The molecule has 26 heavy (non-hydrogen) atoms. The summed E-state index contributed by atoms with van der Waals surface area (Å²) in [6.07, 6.45) is 2.83. The van der Waals surface area contributed by atoms with Crippen LogP contribution in [0, 0.1) is 6.92 Å².